The fourth-order valence-electron chi connectivity index (χ4n) is 9.41. The van der Waals surface area contributed by atoms with Crippen LogP contribution in [0.2, 0.25) is 0 Å². The maximum Gasteiger partial charge on any atom is 0.508 e. The largest absolute Gasteiger partial charge is 0.508 e. The van der Waals surface area contributed by atoms with Gasteiger partial charge in [-0.3, -0.25) is 0 Å². The number of hydrogen-bond acceptors (Lipinski definition) is 11. The van der Waals surface area contributed by atoms with E-state index in [0.717, 1.165) is 31.3 Å². The lowest BCUT2D eigenvalue weighted by Gasteiger charge is -2.57. The Hall–Kier alpha value is -1.82. The number of carbonyl (C=O) groups is 2. The molecule has 0 aliphatic heterocycles. The van der Waals surface area contributed by atoms with Crippen LogP contribution < -0.4 is 0 Å². The summed E-state index contributed by atoms with van der Waals surface area (Å²) in [5.41, 5.74) is 1.78. The number of ether oxygens (including phenoxy) is 7. The summed E-state index contributed by atoms with van der Waals surface area (Å²) in [5, 5.41) is 0. The van der Waals surface area contributed by atoms with Gasteiger partial charge in [0.05, 0.1) is 14.2 Å². The van der Waals surface area contributed by atoms with Crippen molar-refractivity contribution in [3.8, 4) is 0 Å². The number of thiocarbonyl (C=S) groups is 1. The second-order valence-corrected chi connectivity index (χ2v) is 16.4. The van der Waals surface area contributed by atoms with Gasteiger partial charge in [-0.15, -0.1) is 0 Å². The van der Waals surface area contributed by atoms with Gasteiger partial charge in [-0.1, -0.05) is 62.8 Å². The van der Waals surface area contributed by atoms with E-state index < -0.39 is 35.5 Å². The first kappa shape index (κ1) is 38.0. The minimum atomic E-state index is -0.729. The first-order chi connectivity index (χ1) is 22.2. The molecule has 0 N–H and O–H groups in total. The highest BCUT2D eigenvalue weighted by Crippen LogP contribution is 2.66. The summed E-state index contributed by atoms with van der Waals surface area (Å²) in [6, 6.07) is 0. The highest BCUT2D eigenvalue weighted by molar-refractivity contribution is 8.22. The summed E-state index contributed by atoms with van der Waals surface area (Å²) in [6.45, 7) is 13.8. The van der Waals surface area contributed by atoms with Gasteiger partial charge in [0.25, 0.3) is 0 Å². The van der Waals surface area contributed by atoms with Crippen molar-refractivity contribution >= 4 is 40.7 Å². The van der Waals surface area contributed by atoms with Crippen molar-refractivity contribution in [2.45, 2.75) is 110 Å². The summed E-state index contributed by atoms with van der Waals surface area (Å²) >= 11 is 6.93. The predicted molar refractivity (Wildman–Crippen MR) is 186 cm³/mol. The Labute approximate surface area is 291 Å². The van der Waals surface area contributed by atoms with E-state index in [1.165, 1.54) is 38.0 Å². The van der Waals surface area contributed by atoms with Crippen molar-refractivity contribution in [3.63, 3.8) is 0 Å². The van der Waals surface area contributed by atoms with Crippen LogP contribution in [0, 0.1) is 40.4 Å². The van der Waals surface area contributed by atoms with Crippen LogP contribution in [-0.2, 0) is 33.2 Å². The molecule has 0 radical (unpaired) electrons. The second-order valence-electron chi connectivity index (χ2n) is 15.0. The maximum atomic E-state index is 12.5. The molecule has 0 amide bonds. The van der Waals surface area contributed by atoms with Crippen molar-refractivity contribution in [2.75, 3.05) is 34.4 Å². The molecule has 9 nitrogen and oxygen atoms in total. The van der Waals surface area contributed by atoms with Crippen molar-refractivity contribution in [2.24, 2.45) is 40.4 Å². The molecule has 0 heterocycles. The molecule has 0 bridgehead atoms. The Morgan fingerprint density at radius 2 is 1.70 bits per heavy atom. The zero-order chi connectivity index (χ0) is 34.7. The number of methoxy groups -OCH3 is 3. The lowest BCUT2D eigenvalue weighted by Crippen LogP contribution is -2.54. The second kappa shape index (κ2) is 15.4. The van der Waals surface area contributed by atoms with E-state index >= 15 is 0 Å². The van der Waals surface area contributed by atoms with Gasteiger partial charge in [-0.05, 0) is 99.4 Å². The third kappa shape index (κ3) is 7.68. The van der Waals surface area contributed by atoms with Crippen LogP contribution in [0.3, 0.4) is 0 Å². The van der Waals surface area contributed by atoms with Gasteiger partial charge in [0.2, 0.25) is 4.38 Å². The van der Waals surface area contributed by atoms with Crippen molar-refractivity contribution in [1.29, 1.82) is 0 Å². The number of fused-ring (bicyclic) bond motifs is 5. The first-order valence-electron chi connectivity index (χ1n) is 16.9. The van der Waals surface area contributed by atoms with Crippen LogP contribution in [-0.4, -0.2) is 75.0 Å². The van der Waals surface area contributed by atoms with Crippen LogP contribution in [0.1, 0.15) is 86.5 Å². The van der Waals surface area contributed by atoms with E-state index in [1.54, 1.807) is 7.11 Å². The molecule has 47 heavy (non-hydrogen) atoms. The molecule has 4 aliphatic rings. The molecule has 3 fully saturated rings. The van der Waals surface area contributed by atoms with E-state index in [-0.39, 0.29) is 24.2 Å². The number of rotatable bonds is 11. The Kier molecular flexibility index (Phi) is 12.4. The number of carbonyl (C=O) groups excluding carboxylic acids is 2. The van der Waals surface area contributed by atoms with Crippen LogP contribution in [0.5, 0.6) is 0 Å². The molecule has 266 valence electrons. The number of allylic oxidation sites excluding steroid dienone is 3. The Bertz CT molecular complexity index is 1220. The van der Waals surface area contributed by atoms with Crippen molar-refractivity contribution in [3.05, 3.63) is 23.3 Å². The molecule has 4 rings (SSSR count). The zero-order valence-corrected chi connectivity index (χ0v) is 31.6. The molecule has 10 atom stereocenters. The van der Waals surface area contributed by atoms with E-state index in [4.69, 9.17) is 45.4 Å². The van der Waals surface area contributed by atoms with E-state index in [2.05, 4.69) is 53.7 Å². The third-order valence-corrected chi connectivity index (χ3v) is 13.4. The third-order valence-electron chi connectivity index (χ3n) is 12.4. The Balaban J connectivity index is 1.57. The van der Waals surface area contributed by atoms with Gasteiger partial charge < -0.3 is 33.2 Å². The molecule has 3 saturated carbocycles. The van der Waals surface area contributed by atoms with E-state index in [9.17, 15) is 9.59 Å². The van der Waals surface area contributed by atoms with Gasteiger partial charge >= 0.3 is 12.3 Å². The van der Waals surface area contributed by atoms with Crippen LogP contribution >= 0.6 is 24.0 Å². The lowest BCUT2D eigenvalue weighted by molar-refractivity contribution is -0.159. The van der Waals surface area contributed by atoms with Gasteiger partial charge in [0.15, 0.2) is 0 Å². The smallest absolute Gasteiger partial charge is 0.472 e. The van der Waals surface area contributed by atoms with Crippen LogP contribution in [0.4, 0.5) is 9.59 Å². The molecule has 11 heteroatoms. The highest BCUT2D eigenvalue weighted by Gasteiger charge is 2.60. The first-order valence-corrected chi connectivity index (χ1v) is 18.6. The summed E-state index contributed by atoms with van der Waals surface area (Å²) in [7, 11) is 4.25. The summed E-state index contributed by atoms with van der Waals surface area (Å²) < 4.78 is 39.4. The molecule has 0 spiro atoms. The Morgan fingerprint density at radius 3 is 2.34 bits per heavy atom. The fourth-order valence-corrected chi connectivity index (χ4v) is 9.74. The minimum Gasteiger partial charge on any atom is -0.472 e. The van der Waals surface area contributed by atoms with E-state index in [0.29, 0.717) is 40.9 Å². The summed E-state index contributed by atoms with van der Waals surface area (Å²) in [6.07, 6.45) is 10.1. The van der Waals surface area contributed by atoms with E-state index in [1.807, 2.05) is 6.26 Å². The topological polar surface area (TPSA) is 98.8 Å². The summed E-state index contributed by atoms with van der Waals surface area (Å²) in [5.74, 6) is 2.05. The average Bonchev–Trinajstić information content (AvgIpc) is 3.40. The number of hydrogen-bond donors (Lipinski definition) is 0. The molecule has 0 aromatic rings. The molecular formula is C36H56O9S2. The predicted octanol–water partition coefficient (Wildman–Crippen LogP) is 8.49. The van der Waals surface area contributed by atoms with Crippen molar-refractivity contribution < 1.29 is 42.7 Å². The number of thioether (sulfide) groups is 1. The minimum absolute atomic E-state index is 0.147. The molecule has 0 saturated heterocycles. The molecule has 1 unspecified atom stereocenters. The molecule has 0 aromatic carbocycles. The fraction of sp³-hybridized carbons (Fsp3) is 0.806. The van der Waals surface area contributed by atoms with Crippen LogP contribution in [0.15, 0.2) is 23.3 Å². The quantitative estimate of drug-likeness (QED) is 0.118. The normalized spacial score (nSPS) is 33.4. The molecule has 4 aliphatic carbocycles. The molecular weight excluding hydrogens is 641 g/mol. The van der Waals surface area contributed by atoms with Gasteiger partial charge in [-0.25, -0.2) is 9.59 Å². The standard InChI is InChI=1S/C36H56O9S2/c1-21(17-29(45-33(46)47-10)34(3,4)42-20-39-7)22(2)26-13-14-27-25-12-11-23-18-24(43-31(37)40-8)19-30(44-32(38)41-9)36(23,6)28(25)15-16-35(26,27)5/h11-12,21-22,24,26-30H,13-20H2,1-10H3/t21-,22+,24-,26-,27+,28+,29?,30+,35-,36+/m1/s1. The zero-order valence-electron chi connectivity index (χ0n) is 29.9. The maximum absolute atomic E-state index is 12.5. The average molecular weight is 697 g/mol. The van der Waals surface area contributed by atoms with Gasteiger partial charge in [0, 0.05) is 25.4 Å². The molecule has 0 aromatic heterocycles. The van der Waals surface area contributed by atoms with Gasteiger partial charge in [0.1, 0.15) is 30.7 Å². The highest BCUT2D eigenvalue weighted by atomic mass is 32.2. The lowest BCUT2D eigenvalue weighted by atomic mass is 9.49. The van der Waals surface area contributed by atoms with Crippen molar-refractivity contribution in [1.82, 2.24) is 0 Å². The SMILES string of the molecule is COCOC(C)(C)C(C[C@@H](C)[C@H](C)[C@H]1CC[C@H]2C3=CC=C4C[C@@H](OC(=O)OC)C[C@H](OC(=O)OC)[C@]4(C)[C@H]3CC[C@]12C)OC(=S)SC. The monoisotopic (exact) mass is 696 g/mol. The van der Waals surface area contributed by atoms with Gasteiger partial charge in [-0.2, -0.15) is 0 Å². The Morgan fingerprint density at radius 1 is 1.02 bits per heavy atom. The van der Waals surface area contributed by atoms with Crippen LogP contribution in [0.25, 0.3) is 0 Å². The summed E-state index contributed by atoms with van der Waals surface area (Å²) in [4.78, 5) is 24.5.